The van der Waals surface area contributed by atoms with Crippen molar-refractivity contribution >= 4 is 18.2 Å². The Balaban J connectivity index is 1.81. The molecule has 0 radical (unpaired) electrons. The highest BCUT2D eigenvalue weighted by Gasteiger charge is 2.07. The molecular formula is C24H20O2. The van der Waals surface area contributed by atoms with Crippen molar-refractivity contribution in [2.75, 3.05) is 0 Å². The molecule has 0 aliphatic carbocycles. The van der Waals surface area contributed by atoms with Crippen LogP contribution in [0.5, 0.6) is 17.2 Å². The van der Waals surface area contributed by atoms with Gasteiger partial charge in [0.2, 0.25) is 0 Å². The first-order valence-electron chi connectivity index (χ1n) is 8.33. The molecule has 2 heteroatoms. The predicted molar refractivity (Wildman–Crippen MR) is 109 cm³/mol. The van der Waals surface area contributed by atoms with E-state index in [1.54, 1.807) is 18.4 Å². The molecule has 0 unspecified atom stereocenters. The van der Waals surface area contributed by atoms with Crippen molar-refractivity contribution in [3.05, 3.63) is 109 Å². The fourth-order valence-corrected chi connectivity index (χ4v) is 2.38. The van der Waals surface area contributed by atoms with Gasteiger partial charge in [-0.15, -0.1) is 0 Å². The van der Waals surface area contributed by atoms with Crippen LogP contribution in [0.15, 0.2) is 92.2 Å². The van der Waals surface area contributed by atoms with Crippen LogP contribution >= 0.6 is 0 Å². The first-order chi connectivity index (χ1) is 12.8. The number of ether oxygens (including phenoxy) is 2. The molecule has 3 aromatic carbocycles. The topological polar surface area (TPSA) is 18.5 Å². The van der Waals surface area contributed by atoms with E-state index < -0.39 is 0 Å². The maximum Gasteiger partial charge on any atom is 0.169 e. The first kappa shape index (κ1) is 17.3. The van der Waals surface area contributed by atoms with Crippen LogP contribution in [-0.2, 0) is 0 Å². The van der Waals surface area contributed by atoms with Crippen LogP contribution in [-0.4, -0.2) is 0 Å². The lowest BCUT2D eigenvalue weighted by atomic mass is 10.2. The van der Waals surface area contributed by atoms with Crippen molar-refractivity contribution in [1.29, 1.82) is 0 Å². The van der Waals surface area contributed by atoms with Crippen LogP contribution in [0.1, 0.15) is 16.7 Å². The van der Waals surface area contributed by atoms with Crippen molar-refractivity contribution in [2.24, 2.45) is 0 Å². The Morgan fingerprint density at radius 2 is 1.35 bits per heavy atom. The molecule has 2 nitrogen and oxygen atoms in total. The number of hydrogen-bond acceptors (Lipinski definition) is 2. The molecule has 0 aromatic heterocycles. The largest absolute Gasteiger partial charge is 0.461 e. The summed E-state index contributed by atoms with van der Waals surface area (Å²) in [4.78, 5) is 0. The lowest BCUT2D eigenvalue weighted by Crippen LogP contribution is -1.91. The summed E-state index contributed by atoms with van der Waals surface area (Å²) in [5.41, 5.74) is 3.07. The molecule has 3 rings (SSSR count). The van der Waals surface area contributed by atoms with Gasteiger partial charge in [0, 0.05) is 0 Å². The average Bonchev–Trinajstić information content (AvgIpc) is 2.70. The summed E-state index contributed by atoms with van der Waals surface area (Å²) in [6.45, 7) is 7.57. The molecular weight excluding hydrogens is 320 g/mol. The Labute approximate surface area is 154 Å². The Hall–Kier alpha value is -3.52. The van der Waals surface area contributed by atoms with Crippen molar-refractivity contribution in [3.8, 4) is 17.2 Å². The van der Waals surface area contributed by atoms with Crippen LogP contribution < -0.4 is 9.47 Å². The second-order valence-corrected chi connectivity index (χ2v) is 5.62. The highest BCUT2D eigenvalue weighted by molar-refractivity contribution is 5.56. The lowest BCUT2D eigenvalue weighted by molar-refractivity contribution is 0.419. The van der Waals surface area contributed by atoms with Gasteiger partial charge in [-0.05, 0) is 47.0 Å². The highest BCUT2D eigenvalue weighted by Crippen LogP contribution is 2.33. The number of rotatable bonds is 7. The third kappa shape index (κ3) is 4.52. The fourth-order valence-electron chi connectivity index (χ4n) is 2.38. The SMILES string of the molecule is C=Cc1ccc(Oc2ccc(C=C)cc2OC=Cc2ccccc2)cc1. The molecule has 0 N–H and O–H groups in total. The summed E-state index contributed by atoms with van der Waals surface area (Å²) in [5.74, 6) is 2.00. The monoisotopic (exact) mass is 340 g/mol. The molecule has 128 valence electrons. The van der Waals surface area contributed by atoms with E-state index in [2.05, 4.69) is 13.2 Å². The molecule has 26 heavy (non-hydrogen) atoms. The summed E-state index contributed by atoms with van der Waals surface area (Å²) in [7, 11) is 0. The van der Waals surface area contributed by atoms with Gasteiger partial charge < -0.3 is 9.47 Å². The van der Waals surface area contributed by atoms with E-state index in [0.29, 0.717) is 11.5 Å². The molecule has 0 spiro atoms. The fraction of sp³-hybridized carbons (Fsp3) is 0. The summed E-state index contributed by atoms with van der Waals surface area (Å²) in [6.07, 6.45) is 7.14. The zero-order valence-corrected chi connectivity index (χ0v) is 14.5. The van der Waals surface area contributed by atoms with Crippen molar-refractivity contribution in [2.45, 2.75) is 0 Å². The van der Waals surface area contributed by atoms with Crippen LogP contribution in [0, 0.1) is 0 Å². The molecule has 0 saturated heterocycles. The maximum absolute atomic E-state index is 5.98. The normalized spacial score (nSPS) is 10.5. The summed E-state index contributed by atoms with van der Waals surface area (Å²) < 4.78 is 11.8. The third-order valence-electron chi connectivity index (χ3n) is 3.80. The van der Waals surface area contributed by atoms with Gasteiger partial charge in [-0.2, -0.15) is 0 Å². The zero-order valence-electron chi connectivity index (χ0n) is 14.5. The van der Waals surface area contributed by atoms with Crippen molar-refractivity contribution in [3.63, 3.8) is 0 Å². The van der Waals surface area contributed by atoms with Gasteiger partial charge in [0.1, 0.15) is 5.75 Å². The Kier molecular flexibility index (Phi) is 5.69. The first-order valence-corrected chi connectivity index (χ1v) is 8.33. The Morgan fingerprint density at radius 1 is 0.654 bits per heavy atom. The molecule has 0 heterocycles. The van der Waals surface area contributed by atoms with E-state index in [1.165, 1.54) is 0 Å². The number of hydrogen-bond donors (Lipinski definition) is 0. The van der Waals surface area contributed by atoms with Gasteiger partial charge in [0.25, 0.3) is 0 Å². The van der Waals surface area contributed by atoms with E-state index in [4.69, 9.17) is 9.47 Å². The summed E-state index contributed by atoms with van der Waals surface area (Å²) >= 11 is 0. The third-order valence-corrected chi connectivity index (χ3v) is 3.80. The van der Waals surface area contributed by atoms with Crippen LogP contribution in [0.3, 0.4) is 0 Å². The van der Waals surface area contributed by atoms with Gasteiger partial charge in [-0.1, -0.05) is 73.8 Å². The average molecular weight is 340 g/mol. The molecule has 0 aliphatic rings. The van der Waals surface area contributed by atoms with Crippen molar-refractivity contribution in [1.82, 2.24) is 0 Å². The molecule has 0 aliphatic heterocycles. The van der Waals surface area contributed by atoms with Gasteiger partial charge in [0.15, 0.2) is 11.5 Å². The van der Waals surface area contributed by atoms with Crippen LogP contribution in [0.4, 0.5) is 0 Å². The lowest BCUT2D eigenvalue weighted by Gasteiger charge is -2.11. The molecule has 0 atom stereocenters. The van der Waals surface area contributed by atoms with E-state index in [0.717, 1.165) is 22.4 Å². The van der Waals surface area contributed by atoms with Crippen molar-refractivity contribution < 1.29 is 9.47 Å². The summed E-state index contributed by atoms with van der Waals surface area (Å²) in [5, 5.41) is 0. The van der Waals surface area contributed by atoms with E-state index in [-0.39, 0.29) is 0 Å². The maximum atomic E-state index is 5.98. The number of benzene rings is 3. The van der Waals surface area contributed by atoms with Gasteiger partial charge in [-0.25, -0.2) is 0 Å². The second kappa shape index (κ2) is 8.54. The predicted octanol–water partition coefficient (Wildman–Crippen LogP) is 6.81. The highest BCUT2D eigenvalue weighted by atomic mass is 16.5. The second-order valence-electron chi connectivity index (χ2n) is 5.62. The van der Waals surface area contributed by atoms with E-state index >= 15 is 0 Å². The van der Waals surface area contributed by atoms with E-state index in [9.17, 15) is 0 Å². The standard InChI is InChI=1S/C24H20O2/c1-3-19-10-13-22(14-11-19)26-23-15-12-20(4-2)18-24(23)25-17-16-21-8-6-5-7-9-21/h3-18H,1-2H2. The quantitative estimate of drug-likeness (QED) is 0.440. The molecule has 3 aromatic rings. The molecule has 0 bridgehead atoms. The minimum absolute atomic E-state index is 0.627. The Bertz CT molecular complexity index is 907. The van der Waals surface area contributed by atoms with Crippen LogP contribution in [0.2, 0.25) is 0 Å². The van der Waals surface area contributed by atoms with Gasteiger partial charge >= 0.3 is 0 Å². The van der Waals surface area contributed by atoms with Crippen LogP contribution in [0.25, 0.3) is 18.2 Å². The van der Waals surface area contributed by atoms with E-state index in [1.807, 2.05) is 78.9 Å². The Morgan fingerprint density at radius 3 is 2.04 bits per heavy atom. The minimum atomic E-state index is 0.627. The smallest absolute Gasteiger partial charge is 0.169 e. The molecule has 0 amide bonds. The zero-order chi connectivity index (χ0) is 18.2. The minimum Gasteiger partial charge on any atom is -0.461 e. The molecule has 0 saturated carbocycles. The summed E-state index contributed by atoms with van der Waals surface area (Å²) in [6, 6.07) is 23.4. The van der Waals surface area contributed by atoms with Gasteiger partial charge in [-0.3, -0.25) is 0 Å². The molecule has 0 fully saturated rings. The van der Waals surface area contributed by atoms with Gasteiger partial charge in [0.05, 0.1) is 6.26 Å².